The van der Waals surface area contributed by atoms with Crippen LogP contribution in [0.25, 0.3) is 5.57 Å². The fourth-order valence-corrected chi connectivity index (χ4v) is 1.70. The molecule has 3 nitrogen and oxygen atoms in total. The van der Waals surface area contributed by atoms with Gasteiger partial charge in [0.15, 0.2) is 0 Å². The highest BCUT2D eigenvalue weighted by Crippen LogP contribution is 2.14. The summed E-state index contributed by atoms with van der Waals surface area (Å²) in [5.74, 6) is -0.419. The van der Waals surface area contributed by atoms with Gasteiger partial charge in [0.1, 0.15) is 0 Å². The van der Waals surface area contributed by atoms with Crippen LogP contribution < -0.4 is 5.73 Å². The lowest BCUT2D eigenvalue weighted by Crippen LogP contribution is -2.13. The van der Waals surface area contributed by atoms with Gasteiger partial charge in [-0.1, -0.05) is 42.5 Å². The molecule has 1 aromatic heterocycles. The molecule has 1 aromatic carbocycles. The quantitative estimate of drug-likeness (QED) is 0.830. The fraction of sp³-hybridized carbons (Fsp3) is 0.0667. The SMILES string of the molecule is NC(=O)C(=CCc1ccccn1)c1ccccc1. The lowest BCUT2D eigenvalue weighted by molar-refractivity contribution is -0.112. The third kappa shape index (κ3) is 3.04. The minimum absolute atomic E-state index is 0.419. The monoisotopic (exact) mass is 238 g/mol. The molecule has 0 saturated heterocycles. The van der Waals surface area contributed by atoms with Gasteiger partial charge < -0.3 is 5.73 Å². The highest BCUT2D eigenvalue weighted by atomic mass is 16.1. The molecule has 0 bridgehead atoms. The van der Waals surface area contributed by atoms with Gasteiger partial charge in [-0.25, -0.2) is 0 Å². The Morgan fingerprint density at radius 1 is 1.11 bits per heavy atom. The summed E-state index contributed by atoms with van der Waals surface area (Å²) < 4.78 is 0. The Balaban J connectivity index is 2.24. The number of hydrogen-bond acceptors (Lipinski definition) is 2. The molecule has 18 heavy (non-hydrogen) atoms. The molecule has 2 aromatic rings. The van der Waals surface area contributed by atoms with Gasteiger partial charge in [-0.15, -0.1) is 0 Å². The molecule has 2 N–H and O–H groups in total. The van der Waals surface area contributed by atoms with Crippen LogP contribution in [-0.4, -0.2) is 10.9 Å². The first-order valence-electron chi connectivity index (χ1n) is 5.72. The topological polar surface area (TPSA) is 56.0 Å². The minimum atomic E-state index is -0.419. The van der Waals surface area contributed by atoms with E-state index in [0.29, 0.717) is 12.0 Å². The molecular formula is C15H14N2O. The van der Waals surface area contributed by atoms with Gasteiger partial charge >= 0.3 is 0 Å². The molecule has 1 heterocycles. The second-order valence-corrected chi connectivity index (χ2v) is 3.87. The summed E-state index contributed by atoms with van der Waals surface area (Å²) in [6.45, 7) is 0. The molecule has 0 saturated carbocycles. The first-order chi connectivity index (χ1) is 8.77. The summed E-state index contributed by atoms with van der Waals surface area (Å²) >= 11 is 0. The van der Waals surface area contributed by atoms with E-state index in [2.05, 4.69) is 4.98 Å². The zero-order valence-corrected chi connectivity index (χ0v) is 9.91. The van der Waals surface area contributed by atoms with Crippen LogP contribution in [0.15, 0.2) is 60.8 Å². The van der Waals surface area contributed by atoms with E-state index in [9.17, 15) is 4.79 Å². The average Bonchev–Trinajstić information content (AvgIpc) is 2.41. The molecule has 2 rings (SSSR count). The lowest BCUT2D eigenvalue weighted by Gasteiger charge is -2.03. The maximum Gasteiger partial charge on any atom is 0.248 e. The first kappa shape index (κ1) is 12.0. The van der Waals surface area contributed by atoms with E-state index in [1.54, 1.807) is 6.20 Å². The average molecular weight is 238 g/mol. The normalized spacial score (nSPS) is 11.2. The van der Waals surface area contributed by atoms with Gasteiger partial charge in [0, 0.05) is 23.9 Å². The summed E-state index contributed by atoms with van der Waals surface area (Å²) in [5.41, 5.74) is 7.68. The van der Waals surface area contributed by atoms with Gasteiger partial charge in [-0.3, -0.25) is 9.78 Å². The second-order valence-electron chi connectivity index (χ2n) is 3.87. The van der Waals surface area contributed by atoms with Crippen LogP contribution in [-0.2, 0) is 11.2 Å². The van der Waals surface area contributed by atoms with Gasteiger partial charge in [0.05, 0.1) is 0 Å². The molecule has 0 radical (unpaired) electrons. The molecular weight excluding hydrogens is 224 g/mol. The van der Waals surface area contributed by atoms with Crippen molar-refractivity contribution >= 4 is 11.5 Å². The van der Waals surface area contributed by atoms with Crippen LogP contribution in [0.1, 0.15) is 11.3 Å². The highest BCUT2D eigenvalue weighted by molar-refractivity contribution is 6.18. The Morgan fingerprint density at radius 2 is 1.83 bits per heavy atom. The number of aromatic nitrogens is 1. The van der Waals surface area contributed by atoms with Crippen molar-refractivity contribution in [2.45, 2.75) is 6.42 Å². The number of allylic oxidation sites excluding steroid dienone is 1. The maximum absolute atomic E-state index is 11.5. The van der Waals surface area contributed by atoms with Gasteiger partial charge in [0.2, 0.25) is 5.91 Å². The molecule has 0 fully saturated rings. The van der Waals surface area contributed by atoms with Crippen LogP contribution in [0, 0.1) is 0 Å². The van der Waals surface area contributed by atoms with Crippen molar-refractivity contribution in [3.8, 4) is 0 Å². The molecule has 0 unspecified atom stereocenters. The third-order valence-corrected chi connectivity index (χ3v) is 2.59. The Kier molecular flexibility index (Phi) is 3.86. The van der Waals surface area contributed by atoms with Crippen molar-refractivity contribution in [1.29, 1.82) is 0 Å². The van der Waals surface area contributed by atoms with Crippen LogP contribution in [0.4, 0.5) is 0 Å². The van der Waals surface area contributed by atoms with Gasteiger partial charge in [0.25, 0.3) is 0 Å². The predicted octanol–water partition coefficient (Wildman–Crippen LogP) is 2.19. The second kappa shape index (κ2) is 5.77. The molecule has 0 aliphatic heterocycles. The first-order valence-corrected chi connectivity index (χ1v) is 5.72. The molecule has 1 amide bonds. The van der Waals surface area contributed by atoms with E-state index >= 15 is 0 Å². The summed E-state index contributed by atoms with van der Waals surface area (Å²) in [6, 6.07) is 15.1. The minimum Gasteiger partial charge on any atom is -0.366 e. The van der Waals surface area contributed by atoms with E-state index < -0.39 is 5.91 Å². The zero-order chi connectivity index (χ0) is 12.8. The summed E-state index contributed by atoms with van der Waals surface area (Å²) in [5, 5.41) is 0. The molecule has 0 aliphatic carbocycles. The summed E-state index contributed by atoms with van der Waals surface area (Å²) in [6.07, 6.45) is 4.14. The van der Waals surface area contributed by atoms with Gasteiger partial charge in [-0.05, 0) is 17.7 Å². The number of benzene rings is 1. The van der Waals surface area contributed by atoms with Crippen LogP contribution >= 0.6 is 0 Å². The molecule has 90 valence electrons. The molecule has 0 atom stereocenters. The number of pyridine rings is 1. The van der Waals surface area contributed by atoms with Crippen LogP contribution in [0.5, 0.6) is 0 Å². The fourth-order valence-electron chi connectivity index (χ4n) is 1.70. The summed E-state index contributed by atoms with van der Waals surface area (Å²) in [7, 11) is 0. The molecule has 0 aliphatic rings. The predicted molar refractivity (Wildman–Crippen MR) is 71.6 cm³/mol. The number of carbonyl (C=O) groups is 1. The zero-order valence-electron chi connectivity index (χ0n) is 9.91. The Morgan fingerprint density at radius 3 is 2.44 bits per heavy atom. The smallest absolute Gasteiger partial charge is 0.248 e. The van der Waals surface area contributed by atoms with Crippen molar-refractivity contribution in [3.63, 3.8) is 0 Å². The third-order valence-electron chi connectivity index (χ3n) is 2.59. The standard InChI is InChI=1S/C15H14N2O/c16-15(18)14(12-6-2-1-3-7-12)10-9-13-8-4-5-11-17-13/h1-8,10-11H,9H2,(H2,16,18). The van der Waals surface area contributed by atoms with Crippen molar-refractivity contribution in [2.24, 2.45) is 5.73 Å². The number of nitrogens with zero attached hydrogens (tertiary/aromatic N) is 1. The molecule has 0 spiro atoms. The van der Waals surface area contributed by atoms with Crippen molar-refractivity contribution in [3.05, 3.63) is 72.1 Å². The van der Waals surface area contributed by atoms with E-state index in [1.165, 1.54) is 0 Å². The van der Waals surface area contributed by atoms with Crippen molar-refractivity contribution in [1.82, 2.24) is 4.98 Å². The van der Waals surface area contributed by atoms with Crippen molar-refractivity contribution in [2.75, 3.05) is 0 Å². The number of amides is 1. The van der Waals surface area contributed by atoms with E-state index in [4.69, 9.17) is 5.73 Å². The number of hydrogen-bond donors (Lipinski definition) is 1. The molecule has 3 heteroatoms. The Labute approximate surface area is 106 Å². The number of rotatable bonds is 4. The highest BCUT2D eigenvalue weighted by Gasteiger charge is 2.07. The summed E-state index contributed by atoms with van der Waals surface area (Å²) in [4.78, 5) is 15.7. The number of nitrogens with two attached hydrogens (primary N) is 1. The van der Waals surface area contributed by atoms with Gasteiger partial charge in [-0.2, -0.15) is 0 Å². The van der Waals surface area contributed by atoms with Crippen LogP contribution in [0.2, 0.25) is 0 Å². The number of primary amides is 1. The van der Waals surface area contributed by atoms with E-state index in [-0.39, 0.29) is 0 Å². The van der Waals surface area contributed by atoms with E-state index in [1.807, 2.05) is 54.6 Å². The Hall–Kier alpha value is -2.42. The largest absolute Gasteiger partial charge is 0.366 e. The van der Waals surface area contributed by atoms with E-state index in [0.717, 1.165) is 11.3 Å². The van der Waals surface area contributed by atoms with Crippen LogP contribution in [0.3, 0.4) is 0 Å². The number of carbonyl (C=O) groups excluding carboxylic acids is 1. The maximum atomic E-state index is 11.5. The van der Waals surface area contributed by atoms with Crippen molar-refractivity contribution < 1.29 is 4.79 Å². The Bertz CT molecular complexity index is 547. The lowest BCUT2D eigenvalue weighted by atomic mass is 10.0.